The highest BCUT2D eigenvalue weighted by Gasteiger charge is 2.08. The minimum absolute atomic E-state index is 0.285. The lowest BCUT2D eigenvalue weighted by Crippen LogP contribution is -1.99. The van der Waals surface area contributed by atoms with Crippen LogP contribution in [0.4, 0.5) is 0 Å². The van der Waals surface area contributed by atoms with Crippen LogP contribution in [0.25, 0.3) is 0 Å². The summed E-state index contributed by atoms with van der Waals surface area (Å²) in [4.78, 5) is 0. The van der Waals surface area contributed by atoms with Gasteiger partial charge in [0.15, 0.2) is 0 Å². The van der Waals surface area contributed by atoms with Crippen LogP contribution in [0.1, 0.15) is 95.3 Å². The van der Waals surface area contributed by atoms with Crippen LogP contribution >= 0.6 is 0 Å². The SMILES string of the molecule is CCCCCCCCC(O)c1ccc(C(C)CC)cc1. The number of aliphatic hydroxyl groups is 1. The van der Waals surface area contributed by atoms with E-state index in [1.54, 1.807) is 0 Å². The summed E-state index contributed by atoms with van der Waals surface area (Å²) in [5.41, 5.74) is 2.45. The van der Waals surface area contributed by atoms with Gasteiger partial charge in [0.2, 0.25) is 0 Å². The lowest BCUT2D eigenvalue weighted by atomic mass is 9.95. The summed E-state index contributed by atoms with van der Waals surface area (Å²) >= 11 is 0. The van der Waals surface area contributed by atoms with Gasteiger partial charge in [-0.25, -0.2) is 0 Å². The van der Waals surface area contributed by atoms with Gasteiger partial charge in [0, 0.05) is 0 Å². The minimum atomic E-state index is -0.285. The van der Waals surface area contributed by atoms with Crippen LogP contribution in [0, 0.1) is 0 Å². The topological polar surface area (TPSA) is 20.2 Å². The number of aliphatic hydroxyl groups excluding tert-OH is 1. The maximum atomic E-state index is 10.2. The zero-order valence-corrected chi connectivity index (χ0v) is 13.6. The Bertz CT molecular complexity index is 341. The van der Waals surface area contributed by atoms with Gasteiger partial charge in [0.25, 0.3) is 0 Å². The van der Waals surface area contributed by atoms with Crippen LogP contribution in [0.5, 0.6) is 0 Å². The van der Waals surface area contributed by atoms with E-state index in [-0.39, 0.29) is 6.10 Å². The first-order chi connectivity index (χ1) is 9.69. The van der Waals surface area contributed by atoms with Gasteiger partial charge in [0.05, 0.1) is 6.10 Å². The van der Waals surface area contributed by atoms with Crippen molar-refractivity contribution in [2.75, 3.05) is 0 Å². The predicted molar refractivity (Wildman–Crippen MR) is 88.1 cm³/mol. The molecule has 2 unspecified atom stereocenters. The molecule has 1 heteroatoms. The van der Waals surface area contributed by atoms with E-state index in [1.165, 1.54) is 44.1 Å². The monoisotopic (exact) mass is 276 g/mol. The summed E-state index contributed by atoms with van der Waals surface area (Å²) in [5, 5.41) is 10.2. The van der Waals surface area contributed by atoms with Crippen LogP contribution in [-0.4, -0.2) is 5.11 Å². The average molecular weight is 276 g/mol. The van der Waals surface area contributed by atoms with Crippen molar-refractivity contribution in [2.45, 2.75) is 84.2 Å². The fourth-order valence-corrected chi connectivity index (χ4v) is 2.57. The molecule has 0 saturated carbocycles. The van der Waals surface area contributed by atoms with Crippen LogP contribution in [0.3, 0.4) is 0 Å². The third kappa shape index (κ3) is 6.09. The van der Waals surface area contributed by atoms with Gasteiger partial charge in [-0.2, -0.15) is 0 Å². The maximum Gasteiger partial charge on any atom is 0.0790 e. The first-order valence-electron chi connectivity index (χ1n) is 8.46. The normalized spacial score (nSPS) is 14.2. The molecule has 0 aliphatic rings. The molecule has 1 aromatic carbocycles. The molecule has 2 atom stereocenters. The summed E-state index contributed by atoms with van der Waals surface area (Å²) in [6.45, 7) is 6.71. The van der Waals surface area contributed by atoms with E-state index in [1.807, 2.05) is 0 Å². The van der Waals surface area contributed by atoms with E-state index >= 15 is 0 Å². The van der Waals surface area contributed by atoms with Gasteiger partial charge in [-0.3, -0.25) is 0 Å². The molecule has 1 aromatic rings. The molecule has 0 fully saturated rings. The zero-order valence-electron chi connectivity index (χ0n) is 13.6. The van der Waals surface area contributed by atoms with Crippen molar-refractivity contribution in [1.82, 2.24) is 0 Å². The molecule has 0 heterocycles. The third-order valence-electron chi connectivity index (χ3n) is 4.33. The van der Waals surface area contributed by atoms with Gasteiger partial charge in [-0.15, -0.1) is 0 Å². The second-order valence-corrected chi connectivity index (χ2v) is 6.05. The molecule has 1 rings (SSSR count). The highest BCUT2D eigenvalue weighted by molar-refractivity contribution is 5.26. The van der Waals surface area contributed by atoms with Gasteiger partial charge in [0.1, 0.15) is 0 Å². The molecule has 114 valence electrons. The quantitative estimate of drug-likeness (QED) is 0.521. The Morgan fingerprint density at radius 1 is 0.850 bits per heavy atom. The zero-order chi connectivity index (χ0) is 14.8. The second-order valence-electron chi connectivity index (χ2n) is 6.05. The van der Waals surface area contributed by atoms with Crippen LogP contribution < -0.4 is 0 Å². The van der Waals surface area contributed by atoms with E-state index in [0.717, 1.165) is 18.4 Å². The van der Waals surface area contributed by atoms with Crippen molar-refractivity contribution < 1.29 is 5.11 Å². The van der Waals surface area contributed by atoms with Crippen molar-refractivity contribution in [3.8, 4) is 0 Å². The summed E-state index contributed by atoms with van der Waals surface area (Å²) in [5.74, 6) is 0.611. The maximum absolute atomic E-state index is 10.2. The van der Waals surface area contributed by atoms with Gasteiger partial charge in [-0.05, 0) is 29.9 Å². The Labute approximate surface area is 125 Å². The van der Waals surface area contributed by atoms with Crippen molar-refractivity contribution in [3.63, 3.8) is 0 Å². The highest BCUT2D eigenvalue weighted by atomic mass is 16.3. The molecule has 0 spiro atoms. The molecule has 0 aliphatic heterocycles. The van der Waals surface area contributed by atoms with Crippen molar-refractivity contribution in [2.24, 2.45) is 0 Å². The fourth-order valence-electron chi connectivity index (χ4n) is 2.57. The third-order valence-corrected chi connectivity index (χ3v) is 4.33. The number of hydrogen-bond donors (Lipinski definition) is 1. The molecule has 20 heavy (non-hydrogen) atoms. The molecule has 1 N–H and O–H groups in total. The van der Waals surface area contributed by atoms with E-state index < -0.39 is 0 Å². The molecule has 0 bridgehead atoms. The molecule has 1 nitrogen and oxygen atoms in total. The minimum Gasteiger partial charge on any atom is -0.388 e. The van der Waals surface area contributed by atoms with E-state index in [9.17, 15) is 5.11 Å². The largest absolute Gasteiger partial charge is 0.388 e. The summed E-state index contributed by atoms with van der Waals surface area (Å²) < 4.78 is 0. The van der Waals surface area contributed by atoms with Crippen molar-refractivity contribution in [1.29, 1.82) is 0 Å². The summed E-state index contributed by atoms with van der Waals surface area (Å²) in [6, 6.07) is 8.55. The Kier molecular flexibility index (Phi) is 8.60. The van der Waals surface area contributed by atoms with Gasteiger partial charge >= 0.3 is 0 Å². The Hall–Kier alpha value is -0.820. The van der Waals surface area contributed by atoms with Gasteiger partial charge < -0.3 is 5.11 Å². The summed E-state index contributed by atoms with van der Waals surface area (Å²) in [6.07, 6.45) is 9.47. The predicted octanol–water partition coefficient (Wildman–Crippen LogP) is 5.98. The van der Waals surface area contributed by atoms with E-state index in [2.05, 4.69) is 45.0 Å². The first kappa shape index (κ1) is 17.2. The summed E-state index contributed by atoms with van der Waals surface area (Å²) in [7, 11) is 0. The number of hydrogen-bond acceptors (Lipinski definition) is 1. The van der Waals surface area contributed by atoms with E-state index in [4.69, 9.17) is 0 Å². The fraction of sp³-hybridized carbons (Fsp3) is 0.684. The van der Waals surface area contributed by atoms with Crippen molar-refractivity contribution in [3.05, 3.63) is 35.4 Å². The number of unbranched alkanes of at least 4 members (excludes halogenated alkanes) is 5. The Morgan fingerprint density at radius 2 is 1.40 bits per heavy atom. The highest BCUT2D eigenvalue weighted by Crippen LogP contribution is 2.24. The molecule has 0 aliphatic carbocycles. The smallest absolute Gasteiger partial charge is 0.0790 e. The Balaban J connectivity index is 2.30. The lowest BCUT2D eigenvalue weighted by molar-refractivity contribution is 0.163. The molecule has 0 radical (unpaired) electrons. The van der Waals surface area contributed by atoms with Crippen LogP contribution in [0.15, 0.2) is 24.3 Å². The molecule has 0 saturated heterocycles. The molecular weight excluding hydrogens is 244 g/mol. The van der Waals surface area contributed by atoms with Crippen molar-refractivity contribution >= 4 is 0 Å². The average Bonchev–Trinajstić information content (AvgIpc) is 2.50. The van der Waals surface area contributed by atoms with Gasteiger partial charge in [-0.1, -0.05) is 83.6 Å². The molecule has 0 aromatic heterocycles. The number of benzene rings is 1. The molecular formula is C19H32O. The van der Waals surface area contributed by atoms with E-state index in [0.29, 0.717) is 5.92 Å². The number of rotatable bonds is 10. The van der Waals surface area contributed by atoms with Crippen LogP contribution in [0.2, 0.25) is 0 Å². The lowest BCUT2D eigenvalue weighted by Gasteiger charge is -2.13. The van der Waals surface area contributed by atoms with Crippen LogP contribution in [-0.2, 0) is 0 Å². The first-order valence-corrected chi connectivity index (χ1v) is 8.46. The molecule has 0 amide bonds. The second kappa shape index (κ2) is 9.99. The Morgan fingerprint density at radius 3 is 2.00 bits per heavy atom. The standard InChI is InChI=1S/C19H32O/c1-4-6-7-8-9-10-11-19(20)18-14-12-17(13-15-18)16(3)5-2/h12-16,19-20H,4-11H2,1-3H3.